The Morgan fingerprint density at radius 3 is 2.38 bits per heavy atom. The summed E-state index contributed by atoms with van der Waals surface area (Å²) in [7, 11) is 0. The van der Waals surface area contributed by atoms with Crippen LogP contribution in [0.25, 0.3) is 0 Å². The van der Waals surface area contributed by atoms with Gasteiger partial charge in [-0.1, -0.05) is 11.6 Å². The fourth-order valence-corrected chi connectivity index (χ4v) is 0.967. The zero-order valence-corrected chi connectivity index (χ0v) is 7.42. The van der Waals surface area contributed by atoms with Crippen molar-refractivity contribution in [2.75, 3.05) is 4.90 Å². The van der Waals surface area contributed by atoms with Crippen molar-refractivity contribution in [3.63, 3.8) is 0 Å². The summed E-state index contributed by atoms with van der Waals surface area (Å²) in [5.41, 5.74) is 5.70. The van der Waals surface area contributed by atoms with E-state index < -0.39 is 0 Å². The number of hydrogen-bond donors (Lipinski definition) is 2. The Balaban J connectivity index is 3.01. The van der Waals surface area contributed by atoms with Crippen LogP contribution in [-0.4, -0.2) is 5.96 Å². The molecule has 1 aromatic carbocycles. The molecule has 0 aliphatic rings. The van der Waals surface area contributed by atoms with Crippen LogP contribution >= 0.6 is 11.6 Å². The van der Waals surface area contributed by atoms with Gasteiger partial charge in [0.15, 0.2) is 6.19 Å². The monoisotopic (exact) mass is 194 g/mol. The maximum Gasteiger partial charge on any atom is 0.206 e. The van der Waals surface area contributed by atoms with Gasteiger partial charge in [0.05, 0.1) is 5.69 Å². The first-order chi connectivity index (χ1) is 6.15. The molecule has 1 rings (SSSR count). The van der Waals surface area contributed by atoms with Crippen LogP contribution in [0.3, 0.4) is 0 Å². The van der Waals surface area contributed by atoms with E-state index in [-0.39, 0.29) is 5.96 Å². The van der Waals surface area contributed by atoms with Crippen molar-refractivity contribution in [1.29, 1.82) is 10.7 Å². The standard InChI is InChI=1S/C8H7ClN4/c9-6-1-3-7(4-2-6)13(5-10)8(11)12/h1-4H,(H3,11,12). The number of nitrogens with zero attached hydrogens (tertiary/aromatic N) is 2. The van der Waals surface area contributed by atoms with E-state index in [0.29, 0.717) is 10.7 Å². The average Bonchev–Trinajstić information content (AvgIpc) is 2.09. The predicted octanol–water partition coefficient (Wildman–Crippen LogP) is 1.52. The van der Waals surface area contributed by atoms with Crippen LogP contribution in [0.5, 0.6) is 0 Å². The van der Waals surface area contributed by atoms with E-state index >= 15 is 0 Å². The lowest BCUT2D eigenvalue weighted by Crippen LogP contribution is -2.31. The van der Waals surface area contributed by atoms with Crippen LogP contribution in [-0.2, 0) is 0 Å². The summed E-state index contributed by atoms with van der Waals surface area (Å²) in [6, 6.07) is 6.49. The van der Waals surface area contributed by atoms with E-state index in [2.05, 4.69) is 0 Å². The normalized spacial score (nSPS) is 8.92. The van der Waals surface area contributed by atoms with Crippen molar-refractivity contribution in [1.82, 2.24) is 0 Å². The summed E-state index contributed by atoms with van der Waals surface area (Å²) in [5.74, 6) is -0.315. The predicted molar refractivity (Wildman–Crippen MR) is 51.5 cm³/mol. The minimum atomic E-state index is -0.315. The Kier molecular flexibility index (Phi) is 2.72. The molecular weight excluding hydrogens is 188 g/mol. The van der Waals surface area contributed by atoms with Crippen LogP contribution in [0.15, 0.2) is 24.3 Å². The third kappa shape index (κ3) is 2.10. The van der Waals surface area contributed by atoms with Crippen molar-refractivity contribution in [2.24, 2.45) is 5.73 Å². The second-order valence-corrected chi connectivity index (χ2v) is 2.73. The zero-order chi connectivity index (χ0) is 9.84. The van der Waals surface area contributed by atoms with E-state index in [1.54, 1.807) is 30.5 Å². The highest BCUT2D eigenvalue weighted by molar-refractivity contribution is 6.30. The Morgan fingerprint density at radius 2 is 2.00 bits per heavy atom. The first kappa shape index (κ1) is 9.36. The van der Waals surface area contributed by atoms with Crippen LogP contribution in [0.2, 0.25) is 5.02 Å². The molecule has 66 valence electrons. The van der Waals surface area contributed by atoms with Gasteiger partial charge in [-0.15, -0.1) is 0 Å². The van der Waals surface area contributed by atoms with Gasteiger partial charge in [0, 0.05) is 5.02 Å². The van der Waals surface area contributed by atoms with Crippen LogP contribution < -0.4 is 10.6 Å². The first-order valence-electron chi connectivity index (χ1n) is 3.44. The number of hydrogen-bond acceptors (Lipinski definition) is 2. The van der Waals surface area contributed by atoms with E-state index in [4.69, 9.17) is 28.0 Å². The molecule has 0 aromatic heterocycles. The number of nitrogens with one attached hydrogen (secondary N) is 1. The highest BCUT2D eigenvalue weighted by Crippen LogP contribution is 2.16. The summed E-state index contributed by atoms with van der Waals surface area (Å²) < 4.78 is 0. The third-order valence-corrected chi connectivity index (χ3v) is 1.68. The smallest absolute Gasteiger partial charge is 0.206 e. The van der Waals surface area contributed by atoms with Crippen LogP contribution in [0.4, 0.5) is 5.69 Å². The summed E-state index contributed by atoms with van der Waals surface area (Å²) in [5, 5.41) is 16.3. The van der Waals surface area contributed by atoms with Gasteiger partial charge in [-0.2, -0.15) is 5.26 Å². The SMILES string of the molecule is N#CN(C(=N)N)c1ccc(Cl)cc1. The molecule has 5 heteroatoms. The zero-order valence-electron chi connectivity index (χ0n) is 6.66. The van der Waals surface area contributed by atoms with E-state index in [0.717, 1.165) is 4.90 Å². The average molecular weight is 195 g/mol. The second-order valence-electron chi connectivity index (χ2n) is 2.30. The molecule has 0 amide bonds. The number of anilines is 1. The Labute approximate surface area is 80.6 Å². The number of rotatable bonds is 1. The van der Waals surface area contributed by atoms with Gasteiger partial charge in [0.25, 0.3) is 0 Å². The van der Waals surface area contributed by atoms with Crippen molar-refractivity contribution >= 4 is 23.2 Å². The molecule has 0 bridgehead atoms. The molecule has 1 aromatic rings. The van der Waals surface area contributed by atoms with E-state index in [9.17, 15) is 0 Å². The number of halogens is 1. The van der Waals surface area contributed by atoms with Crippen molar-refractivity contribution in [2.45, 2.75) is 0 Å². The maximum atomic E-state index is 8.64. The lowest BCUT2D eigenvalue weighted by Gasteiger charge is -2.12. The van der Waals surface area contributed by atoms with E-state index in [1.807, 2.05) is 0 Å². The van der Waals surface area contributed by atoms with Crippen molar-refractivity contribution < 1.29 is 0 Å². The summed E-state index contributed by atoms with van der Waals surface area (Å²) in [6.07, 6.45) is 1.78. The molecule has 0 saturated heterocycles. The Morgan fingerprint density at radius 1 is 1.46 bits per heavy atom. The van der Waals surface area contributed by atoms with Gasteiger partial charge in [0.1, 0.15) is 0 Å². The minimum Gasteiger partial charge on any atom is -0.369 e. The summed E-state index contributed by atoms with van der Waals surface area (Å²) in [4.78, 5) is 0.996. The highest BCUT2D eigenvalue weighted by atomic mass is 35.5. The summed E-state index contributed by atoms with van der Waals surface area (Å²) in [6.45, 7) is 0. The number of nitriles is 1. The molecule has 0 saturated carbocycles. The quantitative estimate of drug-likeness (QED) is 0.308. The van der Waals surface area contributed by atoms with E-state index in [1.165, 1.54) is 0 Å². The maximum absolute atomic E-state index is 8.64. The van der Waals surface area contributed by atoms with Gasteiger partial charge < -0.3 is 5.73 Å². The molecule has 0 atom stereocenters. The number of guanidine groups is 1. The lowest BCUT2D eigenvalue weighted by molar-refractivity contribution is 1.25. The first-order valence-corrected chi connectivity index (χ1v) is 3.82. The minimum absolute atomic E-state index is 0.315. The number of nitrogens with two attached hydrogens (primary N) is 1. The van der Waals surface area contributed by atoms with Gasteiger partial charge in [0.2, 0.25) is 5.96 Å². The lowest BCUT2D eigenvalue weighted by atomic mass is 10.3. The Hall–Kier alpha value is -1.73. The number of benzene rings is 1. The molecule has 3 N–H and O–H groups in total. The van der Waals surface area contributed by atoms with Gasteiger partial charge in [-0.25, -0.2) is 4.90 Å². The largest absolute Gasteiger partial charge is 0.369 e. The summed E-state index contributed by atoms with van der Waals surface area (Å²) >= 11 is 5.65. The van der Waals surface area contributed by atoms with Crippen LogP contribution in [0.1, 0.15) is 0 Å². The third-order valence-electron chi connectivity index (χ3n) is 1.43. The molecule has 13 heavy (non-hydrogen) atoms. The highest BCUT2D eigenvalue weighted by Gasteiger charge is 2.06. The van der Waals surface area contributed by atoms with Gasteiger partial charge >= 0.3 is 0 Å². The van der Waals surface area contributed by atoms with Crippen molar-refractivity contribution in [3.8, 4) is 6.19 Å². The fourth-order valence-electron chi connectivity index (χ4n) is 0.841. The molecule has 0 unspecified atom stereocenters. The topological polar surface area (TPSA) is 76.9 Å². The molecule has 0 spiro atoms. The van der Waals surface area contributed by atoms with Crippen molar-refractivity contribution in [3.05, 3.63) is 29.3 Å². The molecule has 0 aliphatic heterocycles. The molecular formula is C8H7ClN4. The molecule has 4 nitrogen and oxygen atoms in total. The van der Waals surface area contributed by atoms with Gasteiger partial charge in [-0.3, -0.25) is 5.41 Å². The Bertz CT molecular complexity index is 351. The molecule has 0 aliphatic carbocycles. The molecule has 0 fully saturated rings. The fraction of sp³-hybridized carbons (Fsp3) is 0. The van der Waals surface area contributed by atoms with Crippen LogP contribution in [0, 0.1) is 16.9 Å². The van der Waals surface area contributed by atoms with Gasteiger partial charge in [-0.05, 0) is 24.3 Å². The molecule has 0 radical (unpaired) electrons. The second kappa shape index (κ2) is 3.78. The molecule has 0 heterocycles.